The molecule has 0 saturated carbocycles. The molecule has 0 fully saturated rings. The number of thiophene rings is 1. The van der Waals surface area contributed by atoms with E-state index in [1.54, 1.807) is 33.3 Å². The maximum absolute atomic E-state index is 13.5. The summed E-state index contributed by atoms with van der Waals surface area (Å²) in [5.41, 5.74) is 1.63. The smallest absolute Gasteiger partial charge is 0.242 e. The fourth-order valence-electron chi connectivity index (χ4n) is 3.77. The van der Waals surface area contributed by atoms with Crippen LogP contribution in [0.15, 0.2) is 60.0 Å². The molecule has 1 aromatic heterocycles. The van der Waals surface area contributed by atoms with Crippen LogP contribution in [0.3, 0.4) is 0 Å². The molecular weight excluding hydrogens is 455 g/mol. The highest BCUT2D eigenvalue weighted by molar-refractivity contribution is 7.09. The highest BCUT2D eigenvalue weighted by Gasteiger charge is 2.25. The number of benzene rings is 2. The van der Waals surface area contributed by atoms with Crippen LogP contribution >= 0.6 is 11.3 Å². The van der Waals surface area contributed by atoms with E-state index >= 15 is 0 Å². The molecule has 2 aromatic carbocycles. The predicted octanol–water partition coefficient (Wildman–Crippen LogP) is 4.62. The molecule has 3 aromatic rings. The summed E-state index contributed by atoms with van der Waals surface area (Å²) in [5, 5.41) is 1.98. The summed E-state index contributed by atoms with van der Waals surface area (Å²) in [6.45, 7) is 4.76. The number of hydrogen-bond donors (Lipinski definition) is 0. The Morgan fingerprint density at radius 3 is 2.41 bits per heavy atom. The molecule has 2 amide bonds. The number of hydrogen-bond acceptors (Lipinski definition) is 5. The summed E-state index contributed by atoms with van der Waals surface area (Å²) in [6.07, 6.45) is 0.110. The van der Waals surface area contributed by atoms with Crippen LogP contribution in [-0.4, -0.2) is 41.0 Å². The Morgan fingerprint density at radius 1 is 0.971 bits per heavy atom. The van der Waals surface area contributed by atoms with Crippen molar-refractivity contribution < 1.29 is 23.5 Å². The van der Waals surface area contributed by atoms with E-state index < -0.39 is 0 Å². The number of halogens is 1. The molecule has 0 N–H and O–H groups in total. The lowest BCUT2D eigenvalue weighted by atomic mass is 10.1. The Hall–Kier alpha value is -3.39. The Labute approximate surface area is 202 Å². The zero-order valence-corrected chi connectivity index (χ0v) is 20.0. The number of carbonyl (C=O) groups is 2. The lowest BCUT2D eigenvalue weighted by molar-refractivity contribution is -0.142. The molecule has 178 valence electrons. The minimum absolute atomic E-state index is 0.0341. The van der Waals surface area contributed by atoms with E-state index in [2.05, 4.69) is 0 Å². The molecule has 1 aliphatic rings. The molecule has 6 nitrogen and oxygen atoms in total. The topological polar surface area (TPSA) is 59.1 Å². The van der Waals surface area contributed by atoms with Gasteiger partial charge in [0.05, 0.1) is 13.0 Å². The van der Waals surface area contributed by atoms with Gasteiger partial charge < -0.3 is 19.3 Å². The second-order valence-corrected chi connectivity index (χ2v) is 9.47. The van der Waals surface area contributed by atoms with E-state index in [-0.39, 0.29) is 43.4 Å². The molecule has 0 unspecified atom stereocenters. The number of rotatable bonds is 9. The average molecular weight is 483 g/mol. The van der Waals surface area contributed by atoms with E-state index in [1.807, 2.05) is 49.6 Å². The molecule has 0 atom stereocenters. The van der Waals surface area contributed by atoms with Gasteiger partial charge in [-0.15, -0.1) is 11.3 Å². The summed E-state index contributed by atoms with van der Waals surface area (Å²) in [4.78, 5) is 30.9. The minimum Gasteiger partial charge on any atom is -0.454 e. The Morgan fingerprint density at radius 2 is 1.71 bits per heavy atom. The van der Waals surface area contributed by atoms with Crippen LogP contribution in [0.2, 0.25) is 0 Å². The second-order valence-electron chi connectivity index (χ2n) is 8.44. The van der Waals surface area contributed by atoms with Gasteiger partial charge in [0.25, 0.3) is 0 Å². The fraction of sp³-hybridized carbons (Fsp3) is 0.308. The van der Waals surface area contributed by atoms with Crippen molar-refractivity contribution in [1.29, 1.82) is 0 Å². The van der Waals surface area contributed by atoms with Crippen molar-refractivity contribution in [3.8, 4) is 11.5 Å². The first-order valence-corrected chi connectivity index (χ1v) is 12.0. The molecule has 0 aliphatic carbocycles. The van der Waals surface area contributed by atoms with Crippen LogP contribution < -0.4 is 9.47 Å². The number of nitrogens with zero attached hydrogens (tertiary/aromatic N) is 2. The monoisotopic (exact) mass is 482 g/mol. The lowest BCUT2D eigenvalue weighted by Crippen LogP contribution is -2.46. The third kappa shape index (κ3) is 5.94. The Kier molecular flexibility index (Phi) is 7.47. The molecule has 0 saturated heterocycles. The Bertz CT molecular complexity index is 1130. The molecule has 0 spiro atoms. The summed E-state index contributed by atoms with van der Waals surface area (Å²) in [6, 6.07) is 15.3. The van der Waals surface area contributed by atoms with Gasteiger partial charge >= 0.3 is 0 Å². The van der Waals surface area contributed by atoms with E-state index in [1.165, 1.54) is 12.1 Å². The molecule has 2 heterocycles. The van der Waals surface area contributed by atoms with Gasteiger partial charge in [-0.2, -0.15) is 0 Å². The predicted molar refractivity (Wildman–Crippen MR) is 128 cm³/mol. The van der Waals surface area contributed by atoms with Crippen molar-refractivity contribution in [3.05, 3.63) is 81.8 Å². The maximum atomic E-state index is 13.5. The highest BCUT2D eigenvalue weighted by Crippen LogP contribution is 2.33. The third-order valence-corrected chi connectivity index (χ3v) is 6.47. The van der Waals surface area contributed by atoms with Crippen LogP contribution in [0.1, 0.15) is 29.9 Å². The van der Waals surface area contributed by atoms with Gasteiger partial charge in [0.2, 0.25) is 18.6 Å². The second kappa shape index (κ2) is 10.7. The normalized spacial score (nSPS) is 12.1. The summed E-state index contributed by atoms with van der Waals surface area (Å²) in [7, 11) is 0. The van der Waals surface area contributed by atoms with Crippen LogP contribution in [0.25, 0.3) is 0 Å². The summed E-state index contributed by atoms with van der Waals surface area (Å²) >= 11 is 1.58. The van der Waals surface area contributed by atoms with E-state index in [0.29, 0.717) is 30.2 Å². The minimum atomic E-state index is -0.347. The van der Waals surface area contributed by atoms with E-state index in [9.17, 15) is 14.0 Å². The maximum Gasteiger partial charge on any atom is 0.242 e. The summed E-state index contributed by atoms with van der Waals surface area (Å²) in [5.74, 6) is 0.692. The molecular formula is C26H27FN2O4S. The average Bonchev–Trinajstić information content (AvgIpc) is 3.49. The first-order chi connectivity index (χ1) is 16.4. The number of fused-ring (bicyclic) bond motifs is 1. The Balaban J connectivity index is 1.49. The summed E-state index contributed by atoms with van der Waals surface area (Å²) < 4.78 is 24.1. The molecule has 4 rings (SSSR count). The fourth-order valence-corrected chi connectivity index (χ4v) is 4.48. The van der Waals surface area contributed by atoms with Crippen molar-refractivity contribution in [3.63, 3.8) is 0 Å². The van der Waals surface area contributed by atoms with E-state index in [4.69, 9.17) is 9.47 Å². The third-order valence-electron chi connectivity index (χ3n) is 5.61. The zero-order valence-electron chi connectivity index (χ0n) is 19.2. The first kappa shape index (κ1) is 23.8. The van der Waals surface area contributed by atoms with Gasteiger partial charge in [-0.05, 0) is 60.7 Å². The lowest BCUT2D eigenvalue weighted by Gasteiger charge is -2.30. The zero-order chi connectivity index (χ0) is 24.1. The SMILES string of the molecule is CC(C)N(CC(=O)N(Cc1ccc2c(c1)OCO2)Cc1cccs1)C(=O)Cc1ccc(F)cc1. The van der Waals surface area contributed by atoms with Gasteiger partial charge in [-0.25, -0.2) is 4.39 Å². The van der Waals surface area contributed by atoms with E-state index in [0.717, 1.165) is 10.4 Å². The van der Waals surface area contributed by atoms with Crippen molar-refractivity contribution in [2.24, 2.45) is 0 Å². The van der Waals surface area contributed by atoms with Crippen LogP contribution in [0, 0.1) is 5.82 Å². The van der Waals surface area contributed by atoms with Crippen LogP contribution in [0.4, 0.5) is 4.39 Å². The molecule has 34 heavy (non-hydrogen) atoms. The largest absolute Gasteiger partial charge is 0.454 e. The molecule has 8 heteroatoms. The highest BCUT2D eigenvalue weighted by atomic mass is 32.1. The first-order valence-electron chi connectivity index (χ1n) is 11.1. The number of amides is 2. The molecule has 0 bridgehead atoms. The van der Waals surface area contributed by atoms with Gasteiger partial charge in [0, 0.05) is 17.5 Å². The van der Waals surface area contributed by atoms with Crippen molar-refractivity contribution in [2.45, 2.75) is 39.4 Å². The van der Waals surface area contributed by atoms with Crippen molar-refractivity contribution in [2.75, 3.05) is 13.3 Å². The molecule has 0 radical (unpaired) electrons. The van der Waals surface area contributed by atoms with Crippen LogP contribution in [-0.2, 0) is 29.1 Å². The van der Waals surface area contributed by atoms with Gasteiger partial charge in [0.15, 0.2) is 11.5 Å². The van der Waals surface area contributed by atoms with Crippen LogP contribution in [0.5, 0.6) is 11.5 Å². The standard InChI is InChI=1S/C26H27FN2O4S/c1-18(2)29(25(30)13-19-5-8-21(27)9-6-19)16-26(31)28(15-22-4-3-11-34-22)14-20-7-10-23-24(12-20)33-17-32-23/h3-12,18H,13-17H2,1-2H3. The number of carbonyl (C=O) groups excluding carboxylic acids is 2. The molecule has 1 aliphatic heterocycles. The van der Waals surface area contributed by atoms with Crippen molar-refractivity contribution in [1.82, 2.24) is 9.80 Å². The van der Waals surface area contributed by atoms with Gasteiger partial charge in [-0.1, -0.05) is 24.3 Å². The van der Waals surface area contributed by atoms with Crippen molar-refractivity contribution >= 4 is 23.2 Å². The number of ether oxygens (including phenoxy) is 2. The van der Waals surface area contributed by atoms with Gasteiger partial charge in [0.1, 0.15) is 12.4 Å². The quantitative estimate of drug-likeness (QED) is 0.446. The van der Waals surface area contributed by atoms with Gasteiger partial charge in [-0.3, -0.25) is 9.59 Å².